The van der Waals surface area contributed by atoms with E-state index in [1.807, 2.05) is 9.80 Å². The van der Waals surface area contributed by atoms with Gasteiger partial charge in [-0.15, -0.1) is 0 Å². The van der Waals surface area contributed by atoms with Crippen LogP contribution in [0.4, 0.5) is 5.69 Å². The number of sulfonamides is 1. The first-order valence-electron chi connectivity index (χ1n) is 10.6. The highest BCUT2D eigenvalue weighted by molar-refractivity contribution is 7.89. The Hall–Kier alpha value is -1.79. The number of rotatable bonds is 4. The Balaban J connectivity index is 1.29. The normalized spacial score (nSPS) is 23.0. The minimum absolute atomic E-state index is 0.0769. The molecule has 31 heavy (non-hydrogen) atoms. The molecule has 3 aliphatic heterocycles. The van der Waals surface area contributed by atoms with Crippen molar-refractivity contribution in [2.75, 3.05) is 64.4 Å². The summed E-state index contributed by atoms with van der Waals surface area (Å²) in [5.41, 5.74) is 0.726. The molecule has 4 rings (SSSR count). The molecule has 0 radical (unpaired) electrons. The largest absolute Gasteiger partial charge is 0.379 e. The highest BCUT2D eigenvalue weighted by atomic mass is 32.2. The Labute approximate surface area is 188 Å². The van der Waals surface area contributed by atoms with Gasteiger partial charge in [-0.05, 0) is 49.3 Å². The smallest absolute Gasteiger partial charge is 0.251 e. The molecule has 3 fully saturated rings. The van der Waals surface area contributed by atoms with Gasteiger partial charge < -0.3 is 24.6 Å². The Kier molecular flexibility index (Phi) is 7.07. The van der Waals surface area contributed by atoms with Crippen molar-refractivity contribution in [1.82, 2.24) is 14.1 Å². The van der Waals surface area contributed by atoms with E-state index in [1.54, 1.807) is 24.3 Å². The van der Waals surface area contributed by atoms with Gasteiger partial charge in [-0.1, -0.05) is 0 Å². The predicted octanol–water partition coefficient (Wildman–Crippen LogP) is 0.728. The molecule has 3 heterocycles. The summed E-state index contributed by atoms with van der Waals surface area (Å²) in [6, 6.07) is 6.62. The van der Waals surface area contributed by atoms with Gasteiger partial charge >= 0.3 is 0 Å². The van der Waals surface area contributed by atoms with E-state index in [1.165, 1.54) is 4.31 Å². The molecule has 1 aromatic carbocycles. The van der Waals surface area contributed by atoms with Crippen LogP contribution in [0.2, 0.25) is 0 Å². The summed E-state index contributed by atoms with van der Waals surface area (Å²) in [6.45, 7) is 4.74. The SMILES string of the molecule is O=C(C1CCCO1)N1CCN(C(=S)Nc2ccc(S(=O)(=O)N3CCOCC3)cc2)CC1. The van der Waals surface area contributed by atoms with Gasteiger partial charge in [-0.2, -0.15) is 4.31 Å². The second kappa shape index (κ2) is 9.78. The molecule has 0 aromatic heterocycles. The number of thiocarbonyl (C=S) groups is 1. The van der Waals surface area contributed by atoms with Crippen LogP contribution in [-0.4, -0.2) is 98.7 Å². The molecule has 0 saturated carbocycles. The van der Waals surface area contributed by atoms with Crippen molar-refractivity contribution in [2.45, 2.75) is 23.8 Å². The van der Waals surface area contributed by atoms with Gasteiger partial charge in [-0.25, -0.2) is 8.42 Å². The zero-order chi connectivity index (χ0) is 21.8. The summed E-state index contributed by atoms with van der Waals surface area (Å²) in [5, 5.41) is 3.73. The standard InChI is InChI=1S/C20H28N4O5S2/c25-19(18-2-1-13-29-18)22-7-9-23(10-8-22)20(30)21-16-3-5-17(6-4-16)31(26,27)24-11-14-28-15-12-24/h3-6,18H,1-2,7-15H2,(H,21,30). The fourth-order valence-corrected chi connectivity index (χ4v) is 5.66. The van der Waals surface area contributed by atoms with Crippen LogP contribution in [0, 0.1) is 0 Å². The molecule has 1 unspecified atom stereocenters. The predicted molar refractivity (Wildman–Crippen MR) is 119 cm³/mol. The highest BCUT2D eigenvalue weighted by Gasteiger charge is 2.31. The van der Waals surface area contributed by atoms with Crippen molar-refractivity contribution in [1.29, 1.82) is 0 Å². The summed E-state index contributed by atoms with van der Waals surface area (Å²) >= 11 is 5.52. The molecule has 3 aliphatic rings. The molecule has 0 bridgehead atoms. The van der Waals surface area contributed by atoms with E-state index < -0.39 is 10.0 Å². The number of hydrogen-bond acceptors (Lipinski definition) is 6. The summed E-state index contributed by atoms with van der Waals surface area (Å²) < 4.78 is 37.6. The number of benzene rings is 1. The molecule has 9 nitrogen and oxygen atoms in total. The van der Waals surface area contributed by atoms with Crippen molar-refractivity contribution in [3.05, 3.63) is 24.3 Å². The minimum Gasteiger partial charge on any atom is -0.379 e. The average Bonchev–Trinajstić information content (AvgIpc) is 3.35. The van der Waals surface area contributed by atoms with E-state index in [2.05, 4.69) is 5.32 Å². The van der Waals surface area contributed by atoms with Gasteiger partial charge in [0.15, 0.2) is 5.11 Å². The van der Waals surface area contributed by atoms with E-state index in [9.17, 15) is 13.2 Å². The average molecular weight is 469 g/mol. The molecule has 1 amide bonds. The lowest BCUT2D eigenvalue weighted by Gasteiger charge is -2.37. The number of ether oxygens (including phenoxy) is 2. The lowest BCUT2D eigenvalue weighted by Crippen LogP contribution is -2.53. The van der Waals surface area contributed by atoms with Gasteiger partial charge in [0.1, 0.15) is 6.10 Å². The Bertz CT molecular complexity index is 889. The molecule has 3 saturated heterocycles. The summed E-state index contributed by atoms with van der Waals surface area (Å²) in [4.78, 5) is 16.6. The van der Waals surface area contributed by atoms with Crippen LogP contribution in [0.25, 0.3) is 0 Å². The first-order chi connectivity index (χ1) is 14.9. The second-order valence-electron chi connectivity index (χ2n) is 7.78. The third-order valence-corrected chi connectivity index (χ3v) is 8.07. The maximum absolute atomic E-state index is 12.7. The lowest BCUT2D eigenvalue weighted by atomic mass is 10.2. The Morgan fingerprint density at radius 3 is 2.23 bits per heavy atom. The van der Waals surface area contributed by atoms with Crippen LogP contribution in [0.5, 0.6) is 0 Å². The van der Waals surface area contributed by atoms with Gasteiger partial charge in [-0.3, -0.25) is 4.79 Å². The molecule has 1 N–H and O–H groups in total. The van der Waals surface area contributed by atoms with Crippen LogP contribution < -0.4 is 5.32 Å². The first kappa shape index (κ1) is 22.4. The van der Waals surface area contributed by atoms with Gasteiger partial charge in [0.05, 0.1) is 18.1 Å². The van der Waals surface area contributed by atoms with Crippen LogP contribution in [0.1, 0.15) is 12.8 Å². The number of anilines is 1. The van der Waals surface area contributed by atoms with Crippen molar-refractivity contribution >= 4 is 38.9 Å². The molecule has 11 heteroatoms. The van der Waals surface area contributed by atoms with Gasteiger partial charge in [0.25, 0.3) is 5.91 Å². The van der Waals surface area contributed by atoms with Gasteiger partial charge in [0.2, 0.25) is 10.0 Å². The number of nitrogens with zero attached hydrogens (tertiary/aromatic N) is 3. The number of amides is 1. The fraction of sp³-hybridized carbons (Fsp3) is 0.600. The summed E-state index contributed by atoms with van der Waals surface area (Å²) in [6.07, 6.45) is 1.46. The zero-order valence-electron chi connectivity index (χ0n) is 17.4. The van der Waals surface area contributed by atoms with E-state index in [-0.39, 0.29) is 16.9 Å². The van der Waals surface area contributed by atoms with Crippen LogP contribution in [0.3, 0.4) is 0 Å². The Morgan fingerprint density at radius 2 is 1.61 bits per heavy atom. The molecule has 1 atom stereocenters. The Morgan fingerprint density at radius 1 is 0.968 bits per heavy atom. The number of carbonyl (C=O) groups excluding carboxylic acids is 1. The molecule has 0 spiro atoms. The number of piperazine rings is 1. The molecule has 170 valence electrons. The van der Waals surface area contributed by atoms with Crippen LogP contribution >= 0.6 is 12.2 Å². The van der Waals surface area contributed by atoms with Gasteiger partial charge in [0, 0.05) is 51.6 Å². The maximum atomic E-state index is 12.7. The van der Waals surface area contributed by atoms with Crippen molar-refractivity contribution in [3.63, 3.8) is 0 Å². The van der Waals surface area contributed by atoms with E-state index in [4.69, 9.17) is 21.7 Å². The third-order valence-electron chi connectivity index (χ3n) is 5.80. The monoisotopic (exact) mass is 468 g/mol. The maximum Gasteiger partial charge on any atom is 0.251 e. The molecule has 0 aliphatic carbocycles. The molecular formula is C20H28N4O5S2. The minimum atomic E-state index is -3.51. The van der Waals surface area contributed by atoms with Crippen LogP contribution in [0.15, 0.2) is 29.2 Å². The number of hydrogen-bond donors (Lipinski definition) is 1. The second-order valence-corrected chi connectivity index (χ2v) is 10.1. The quantitative estimate of drug-likeness (QED) is 0.647. The fourth-order valence-electron chi connectivity index (χ4n) is 3.95. The summed E-state index contributed by atoms with van der Waals surface area (Å²) in [5.74, 6) is 0.0769. The molecular weight excluding hydrogens is 440 g/mol. The number of carbonyl (C=O) groups is 1. The summed E-state index contributed by atoms with van der Waals surface area (Å²) in [7, 11) is -3.51. The van der Waals surface area contributed by atoms with E-state index >= 15 is 0 Å². The number of nitrogens with one attached hydrogen (secondary N) is 1. The zero-order valence-corrected chi connectivity index (χ0v) is 19.0. The van der Waals surface area contributed by atoms with Crippen molar-refractivity contribution < 1.29 is 22.7 Å². The topological polar surface area (TPSA) is 91.4 Å². The van der Waals surface area contributed by atoms with Crippen molar-refractivity contribution in [3.8, 4) is 0 Å². The first-order valence-corrected chi connectivity index (χ1v) is 12.4. The lowest BCUT2D eigenvalue weighted by molar-refractivity contribution is -0.142. The van der Waals surface area contributed by atoms with E-state index in [0.29, 0.717) is 64.2 Å². The number of morpholine rings is 1. The van der Waals surface area contributed by atoms with Crippen LogP contribution in [-0.2, 0) is 24.3 Å². The van der Waals surface area contributed by atoms with Crippen molar-refractivity contribution in [2.24, 2.45) is 0 Å². The highest BCUT2D eigenvalue weighted by Crippen LogP contribution is 2.20. The van der Waals surface area contributed by atoms with E-state index in [0.717, 1.165) is 18.5 Å². The molecule has 1 aromatic rings. The third kappa shape index (κ3) is 5.17.